The maximum absolute atomic E-state index is 11.6. The molecule has 0 unspecified atom stereocenters. The number of benzene rings is 1. The summed E-state index contributed by atoms with van der Waals surface area (Å²) in [6.45, 7) is 0. The molecule has 18 heavy (non-hydrogen) atoms. The molecular weight excluding hydrogens is 234 g/mol. The lowest BCUT2D eigenvalue weighted by Crippen LogP contribution is -2.23. The van der Waals surface area contributed by atoms with Gasteiger partial charge in [-0.3, -0.25) is 19.2 Å². The standard InChI is InChI=1S/C10H2B2N2O4/c11-13-7(15)3-1-4-6(2-5(3)9(13)17)10(18)14(12)8(4)16/h1-2H. The SMILES string of the molecule is [B]n1c(=O)c2cc3c(=O)n([B])c(=O)c3cc2c1=O. The number of aromatic nitrogens is 2. The highest BCUT2D eigenvalue weighted by Gasteiger charge is 2.16. The molecule has 1 aromatic carbocycles. The maximum Gasteiger partial charge on any atom is 0.248 e. The van der Waals surface area contributed by atoms with Crippen LogP contribution in [0.25, 0.3) is 21.5 Å². The molecule has 6 nitrogen and oxygen atoms in total. The lowest BCUT2D eigenvalue weighted by atomic mass is 10.1. The van der Waals surface area contributed by atoms with Crippen LogP contribution in [0.3, 0.4) is 0 Å². The van der Waals surface area contributed by atoms with Crippen LogP contribution in [0.1, 0.15) is 0 Å². The van der Waals surface area contributed by atoms with E-state index in [1.54, 1.807) is 0 Å². The summed E-state index contributed by atoms with van der Waals surface area (Å²) >= 11 is 0. The summed E-state index contributed by atoms with van der Waals surface area (Å²) in [7, 11) is 10.5. The van der Waals surface area contributed by atoms with Crippen molar-refractivity contribution in [2.24, 2.45) is 0 Å². The Morgan fingerprint density at radius 2 is 0.833 bits per heavy atom. The molecule has 0 aliphatic heterocycles. The third kappa shape index (κ3) is 1.04. The zero-order valence-corrected chi connectivity index (χ0v) is 8.84. The van der Waals surface area contributed by atoms with E-state index in [1.807, 2.05) is 0 Å². The van der Waals surface area contributed by atoms with Crippen LogP contribution in [0.4, 0.5) is 0 Å². The van der Waals surface area contributed by atoms with Gasteiger partial charge in [0.05, 0.1) is 21.5 Å². The minimum atomic E-state index is -0.714. The van der Waals surface area contributed by atoms with Gasteiger partial charge in [-0.05, 0) is 12.1 Å². The van der Waals surface area contributed by atoms with Crippen molar-refractivity contribution >= 4 is 37.5 Å². The van der Waals surface area contributed by atoms with E-state index in [0.717, 1.165) is 0 Å². The quantitative estimate of drug-likeness (QED) is 0.414. The molecule has 0 saturated carbocycles. The van der Waals surface area contributed by atoms with Crippen molar-refractivity contribution in [3.05, 3.63) is 53.5 Å². The van der Waals surface area contributed by atoms with Crippen molar-refractivity contribution in [2.75, 3.05) is 0 Å². The van der Waals surface area contributed by atoms with Crippen molar-refractivity contribution < 1.29 is 0 Å². The van der Waals surface area contributed by atoms with Gasteiger partial charge < -0.3 is 8.96 Å². The summed E-state index contributed by atoms with van der Waals surface area (Å²) in [5, 5.41) is -0.00852. The van der Waals surface area contributed by atoms with Gasteiger partial charge in [0.15, 0.2) is 0 Å². The van der Waals surface area contributed by atoms with Gasteiger partial charge in [-0.15, -0.1) is 0 Å². The fourth-order valence-corrected chi connectivity index (χ4v) is 2.01. The van der Waals surface area contributed by atoms with Crippen molar-refractivity contribution in [3.8, 4) is 0 Å². The topological polar surface area (TPSA) is 78.1 Å². The molecular formula is C10H2B2N2O4. The molecule has 8 heteroatoms. The summed E-state index contributed by atoms with van der Waals surface area (Å²) in [6, 6.07) is 2.34. The molecule has 0 amide bonds. The first kappa shape index (κ1) is 10.8. The summed E-state index contributed by atoms with van der Waals surface area (Å²) in [5.41, 5.74) is -2.86. The number of nitrogens with zero attached hydrogens (tertiary/aromatic N) is 2. The van der Waals surface area contributed by atoms with E-state index in [-0.39, 0.29) is 21.5 Å². The Morgan fingerprint density at radius 1 is 0.611 bits per heavy atom. The highest BCUT2D eigenvalue weighted by atomic mass is 16.2. The molecule has 0 N–H and O–H groups in total. The van der Waals surface area contributed by atoms with Crippen molar-refractivity contribution in [2.45, 2.75) is 0 Å². The summed E-state index contributed by atoms with van der Waals surface area (Å²) in [6.07, 6.45) is 0. The molecule has 0 fully saturated rings. The fourth-order valence-electron chi connectivity index (χ4n) is 2.01. The van der Waals surface area contributed by atoms with E-state index in [0.29, 0.717) is 8.96 Å². The van der Waals surface area contributed by atoms with Gasteiger partial charge in [-0.1, -0.05) is 0 Å². The molecule has 0 spiro atoms. The number of fused-ring (bicyclic) bond motifs is 2. The fraction of sp³-hybridized carbons (Fsp3) is 0. The average molecular weight is 236 g/mol. The molecule has 2 aromatic heterocycles. The molecule has 0 atom stereocenters. The maximum atomic E-state index is 11.6. The Labute approximate surface area is 101 Å². The third-order valence-corrected chi connectivity index (χ3v) is 2.95. The second-order valence-electron chi connectivity index (χ2n) is 3.90. The molecule has 0 saturated heterocycles. The van der Waals surface area contributed by atoms with Crippen LogP contribution in [0.2, 0.25) is 0 Å². The normalized spacial score (nSPS) is 11.6. The predicted octanol–water partition coefficient (Wildman–Crippen LogP) is -2.22. The number of hydrogen-bond acceptors (Lipinski definition) is 4. The second kappa shape index (κ2) is 3.10. The Balaban J connectivity index is 2.78. The zero-order valence-electron chi connectivity index (χ0n) is 8.84. The van der Waals surface area contributed by atoms with E-state index in [4.69, 9.17) is 16.0 Å². The Kier molecular flexibility index (Phi) is 1.85. The van der Waals surface area contributed by atoms with Crippen LogP contribution in [-0.2, 0) is 0 Å². The largest absolute Gasteiger partial charge is 0.332 e. The first-order chi connectivity index (χ1) is 8.43. The molecule has 82 valence electrons. The van der Waals surface area contributed by atoms with Gasteiger partial charge in [0.25, 0.3) is 0 Å². The molecule has 4 radical (unpaired) electrons. The van der Waals surface area contributed by atoms with Crippen molar-refractivity contribution in [1.82, 2.24) is 8.96 Å². The molecule has 0 aliphatic carbocycles. The van der Waals surface area contributed by atoms with Gasteiger partial charge >= 0.3 is 0 Å². The zero-order chi connectivity index (χ0) is 13.2. The summed E-state index contributed by atoms with van der Waals surface area (Å²) in [4.78, 5) is 46.5. The first-order valence-corrected chi connectivity index (χ1v) is 4.88. The minimum Gasteiger partial charge on any atom is -0.332 e. The van der Waals surface area contributed by atoms with Crippen LogP contribution < -0.4 is 22.2 Å². The van der Waals surface area contributed by atoms with Crippen molar-refractivity contribution in [3.63, 3.8) is 0 Å². The molecule has 3 aromatic rings. The van der Waals surface area contributed by atoms with Gasteiger partial charge in [0.1, 0.15) is 0 Å². The molecule has 2 heterocycles. The smallest absolute Gasteiger partial charge is 0.248 e. The van der Waals surface area contributed by atoms with E-state index >= 15 is 0 Å². The highest BCUT2D eigenvalue weighted by Crippen LogP contribution is 2.13. The van der Waals surface area contributed by atoms with Crippen LogP contribution in [-0.4, -0.2) is 24.9 Å². The van der Waals surface area contributed by atoms with Crippen LogP contribution >= 0.6 is 0 Å². The van der Waals surface area contributed by atoms with E-state index in [2.05, 4.69) is 0 Å². The van der Waals surface area contributed by atoms with Crippen LogP contribution in [0.15, 0.2) is 31.3 Å². The average Bonchev–Trinajstić information content (AvgIpc) is 2.71. The Morgan fingerprint density at radius 3 is 1.06 bits per heavy atom. The lowest BCUT2D eigenvalue weighted by molar-refractivity contribution is 1.13. The monoisotopic (exact) mass is 236 g/mol. The van der Waals surface area contributed by atoms with E-state index < -0.39 is 22.2 Å². The Hall–Kier alpha value is -2.37. The lowest BCUT2D eigenvalue weighted by Gasteiger charge is -1.86. The number of hydrogen-bond donors (Lipinski definition) is 0. The molecule has 0 bridgehead atoms. The third-order valence-electron chi connectivity index (χ3n) is 2.95. The summed E-state index contributed by atoms with van der Waals surface area (Å²) < 4.78 is 0.879. The number of rotatable bonds is 0. The van der Waals surface area contributed by atoms with Gasteiger partial charge in [-0.25, -0.2) is 0 Å². The van der Waals surface area contributed by atoms with Crippen LogP contribution in [0.5, 0.6) is 0 Å². The van der Waals surface area contributed by atoms with E-state index in [9.17, 15) is 19.2 Å². The Bertz CT molecular complexity index is 862. The van der Waals surface area contributed by atoms with E-state index in [1.165, 1.54) is 12.1 Å². The van der Waals surface area contributed by atoms with Gasteiger partial charge in [-0.2, -0.15) is 0 Å². The van der Waals surface area contributed by atoms with Crippen LogP contribution in [0, 0.1) is 0 Å². The minimum absolute atomic E-state index is 0.00213. The second-order valence-corrected chi connectivity index (χ2v) is 3.90. The highest BCUT2D eigenvalue weighted by molar-refractivity contribution is 6.11. The van der Waals surface area contributed by atoms with Crippen molar-refractivity contribution in [1.29, 1.82) is 0 Å². The van der Waals surface area contributed by atoms with Gasteiger partial charge in [0.2, 0.25) is 38.2 Å². The van der Waals surface area contributed by atoms with Gasteiger partial charge in [0, 0.05) is 0 Å². The summed E-state index contributed by atoms with van der Waals surface area (Å²) in [5.74, 6) is 0. The first-order valence-electron chi connectivity index (χ1n) is 4.88. The molecule has 0 aliphatic rings. The molecule has 3 rings (SSSR count). The predicted molar refractivity (Wildman–Crippen MR) is 67.2 cm³/mol.